The van der Waals surface area contributed by atoms with Crippen molar-refractivity contribution in [1.82, 2.24) is 24.4 Å². The van der Waals surface area contributed by atoms with Gasteiger partial charge in [0.1, 0.15) is 17.1 Å². The molecule has 1 N–H and O–H groups in total. The number of aromatic nitrogens is 4. The van der Waals surface area contributed by atoms with Crippen molar-refractivity contribution in [1.29, 1.82) is 0 Å². The molecule has 0 radical (unpaired) electrons. The van der Waals surface area contributed by atoms with Crippen LogP contribution in [0.25, 0.3) is 11.0 Å². The van der Waals surface area contributed by atoms with Crippen molar-refractivity contribution in [2.75, 3.05) is 0 Å². The molecule has 0 aliphatic rings. The van der Waals surface area contributed by atoms with Crippen LogP contribution in [0.4, 0.5) is 0 Å². The minimum Gasteiger partial charge on any atom is -0.439 e. The number of ether oxygens (including phenoxy) is 1. The number of nitrogens with one attached hydrogen (secondary N) is 1. The fourth-order valence-corrected chi connectivity index (χ4v) is 3.08. The monoisotopic (exact) mass is 417 g/mol. The Labute approximate surface area is 176 Å². The zero-order valence-corrected chi connectivity index (χ0v) is 16.9. The molecular weight excluding hydrogens is 398 g/mol. The fraction of sp³-hybridized carbons (Fsp3) is 0.136. The molecule has 0 fully saturated rings. The van der Waals surface area contributed by atoms with Gasteiger partial charge in [0.2, 0.25) is 5.88 Å². The highest BCUT2D eigenvalue weighted by Crippen LogP contribution is 2.19. The van der Waals surface area contributed by atoms with Crippen molar-refractivity contribution in [3.05, 3.63) is 92.9 Å². The third-order valence-corrected chi connectivity index (χ3v) is 4.75. The van der Waals surface area contributed by atoms with E-state index < -0.39 is 17.2 Å². The molecule has 0 aliphatic carbocycles. The number of hydrogen-bond acceptors (Lipinski definition) is 6. The second kappa shape index (κ2) is 8.23. The van der Waals surface area contributed by atoms with E-state index in [-0.39, 0.29) is 23.3 Å². The number of para-hydroxylation sites is 1. The van der Waals surface area contributed by atoms with Crippen molar-refractivity contribution < 1.29 is 9.53 Å². The maximum Gasteiger partial charge on any atom is 0.332 e. The number of carbonyl (C=O) groups excluding carboxylic acids is 1. The number of nitrogens with zero attached hydrogens (tertiary/aromatic N) is 4. The van der Waals surface area contributed by atoms with Crippen LogP contribution in [0.15, 0.2) is 70.4 Å². The van der Waals surface area contributed by atoms with Gasteiger partial charge < -0.3 is 10.1 Å². The van der Waals surface area contributed by atoms with Crippen LogP contribution in [0.2, 0.25) is 0 Å². The summed E-state index contributed by atoms with van der Waals surface area (Å²) in [6.07, 6.45) is 1.60. The Bertz CT molecular complexity index is 1390. The summed E-state index contributed by atoms with van der Waals surface area (Å²) in [4.78, 5) is 45.4. The number of aryl methyl sites for hydroxylation is 1. The van der Waals surface area contributed by atoms with Crippen LogP contribution in [0.5, 0.6) is 11.6 Å². The zero-order chi connectivity index (χ0) is 22.0. The number of hydrogen-bond donors (Lipinski definition) is 1. The van der Waals surface area contributed by atoms with Crippen molar-refractivity contribution in [2.24, 2.45) is 14.1 Å². The topological polar surface area (TPSA) is 108 Å². The maximum atomic E-state index is 12.6. The van der Waals surface area contributed by atoms with Crippen LogP contribution in [0.1, 0.15) is 16.1 Å². The van der Waals surface area contributed by atoms with E-state index in [9.17, 15) is 14.4 Å². The van der Waals surface area contributed by atoms with Gasteiger partial charge in [0.25, 0.3) is 11.5 Å². The average Bonchev–Trinajstić information content (AvgIpc) is 2.80. The summed E-state index contributed by atoms with van der Waals surface area (Å²) < 4.78 is 7.95. The molecule has 9 heteroatoms. The smallest absolute Gasteiger partial charge is 0.332 e. The van der Waals surface area contributed by atoms with Gasteiger partial charge >= 0.3 is 5.69 Å². The van der Waals surface area contributed by atoms with Crippen LogP contribution in [-0.2, 0) is 20.6 Å². The Hall–Kier alpha value is -4.27. The molecule has 31 heavy (non-hydrogen) atoms. The van der Waals surface area contributed by atoms with Gasteiger partial charge in [-0.05, 0) is 35.9 Å². The van der Waals surface area contributed by atoms with Crippen molar-refractivity contribution in [3.63, 3.8) is 0 Å². The number of pyridine rings is 2. The maximum absolute atomic E-state index is 12.6. The quantitative estimate of drug-likeness (QED) is 0.530. The molecule has 0 bridgehead atoms. The molecule has 0 saturated carbocycles. The van der Waals surface area contributed by atoms with Crippen LogP contribution >= 0.6 is 0 Å². The molecule has 156 valence electrons. The Morgan fingerprint density at radius 1 is 1.03 bits per heavy atom. The fourth-order valence-electron chi connectivity index (χ4n) is 3.08. The highest BCUT2D eigenvalue weighted by molar-refractivity contribution is 5.94. The molecule has 0 unspecified atom stereocenters. The van der Waals surface area contributed by atoms with E-state index in [1.165, 1.54) is 30.8 Å². The Kier molecular flexibility index (Phi) is 5.31. The summed E-state index contributed by atoms with van der Waals surface area (Å²) >= 11 is 0. The minimum atomic E-state index is -0.509. The predicted octanol–water partition coefficient (Wildman–Crippen LogP) is 1.75. The third-order valence-electron chi connectivity index (χ3n) is 4.75. The molecule has 4 aromatic rings. The highest BCUT2D eigenvalue weighted by atomic mass is 16.5. The molecule has 0 aliphatic heterocycles. The highest BCUT2D eigenvalue weighted by Gasteiger charge is 2.14. The minimum absolute atomic E-state index is 0.102. The number of fused-ring (bicyclic) bond motifs is 1. The van der Waals surface area contributed by atoms with Crippen LogP contribution in [0.3, 0.4) is 0 Å². The summed E-state index contributed by atoms with van der Waals surface area (Å²) in [5, 5.41) is 3.04. The lowest BCUT2D eigenvalue weighted by Crippen LogP contribution is -2.37. The zero-order valence-electron chi connectivity index (χ0n) is 16.9. The lowest BCUT2D eigenvalue weighted by Gasteiger charge is -2.09. The van der Waals surface area contributed by atoms with Gasteiger partial charge in [-0.15, -0.1) is 0 Å². The van der Waals surface area contributed by atoms with E-state index in [1.807, 2.05) is 30.3 Å². The van der Waals surface area contributed by atoms with Gasteiger partial charge in [0.05, 0.1) is 5.39 Å². The molecule has 0 saturated heterocycles. The summed E-state index contributed by atoms with van der Waals surface area (Å²) in [6, 6.07) is 15.7. The van der Waals surface area contributed by atoms with E-state index in [4.69, 9.17) is 4.74 Å². The summed E-state index contributed by atoms with van der Waals surface area (Å²) in [6.45, 7) is 0.224. The Morgan fingerprint density at radius 2 is 1.81 bits per heavy atom. The van der Waals surface area contributed by atoms with Gasteiger partial charge in [-0.25, -0.2) is 14.8 Å². The SMILES string of the molecule is Cn1c(=O)c2ccc(C(=O)NCc3ccnc(Oc4ccccc4)c3)nc2n(C)c1=O. The molecule has 1 amide bonds. The van der Waals surface area contributed by atoms with E-state index in [0.717, 1.165) is 10.1 Å². The molecule has 1 aromatic carbocycles. The van der Waals surface area contributed by atoms with Gasteiger partial charge in [-0.1, -0.05) is 18.2 Å². The van der Waals surface area contributed by atoms with Crippen molar-refractivity contribution >= 4 is 16.9 Å². The van der Waals surface area contributed by atoms with Gasteiger partial charge in [-0.2, -0.15) is 0 Å². The predicted molar refractivity (Wildman–Crippen MR) is 114 cm³/mol. The molecule has 4 rings (SSSR count). The number of amides is 1. The van der Waals surface area contributed by atoms with Gasteiger partial charge in [0.15, 0.2) is 0 Å². The first-order valence-electron chi connectivity index (χ1n) is 9.47. The van der Waals surface area contributed by atoms with E-state index in [0.29, 0.717) is 11.6 Å². The summed E-state index contributed by atoms with van der Waals surface area (Å²) in [5.41, 5.74) is 0.0793. The lowest BCUT2D eigenvalue weighted by atomic mass is 10.2. The molecule has 9 nitrogen and oxygen atoms in total. The van der Waals surface area contributed by atoms with Gasteiger partial charge in [-0.3, -0.25) is 18.7 Å². The number of carbonyl (C=O) groups is 1. The second-order valence-corrected chi connectivity index (χ2v) is 6.87. The molecule has 0 atom stereocenters. The Morgan fingerprint density at radius 3 is 2.58 bits per heavy atom. The van der Waals surface area contributed by atoms with Crippen molar-refractivity contribution in [3.8, 4) is 11.6 Å². The van der Waals surface area contributed by atoms with E-state index >= 15 is 0 Å². The summed E-state index contributed by atoms with van der Waals surface area (Å²) in [5.74, 6) is 0.637. The first-order valence-corrected chi connectivity index (χ1v) is 9.47. The van der Waals surface area contributed by atoms with Gasteiger partial charge in [0, 0.05) is 32.9 Å². The largest absolute Gasteiger partial charge is 0.439 e. The average molecular weight is 417 g/mol. The first kappa shape index (κ1) is 20.0. The molecule has 3 heterocycles. The van der Waals surface area contributed by atoms with E-state index in [2.05, 4.69) is 15.3 Å². The number of rotatable bonds is 5. The lowest BCUT2D eigenvalue weighted by molar-refractivity contribution is 0.0946. The van der Waals surface area contributed by atoms with Crippen LogP contribution in [0, 0.1) is 0 Å². The van der Waals surface area contributed by atoms with Crippen molar-refractivity contribution in [2.45, 2.75) is 6.54 Å². The standard InChI is InChI=1S/C22H19N5O4/c1-26-19-16(21(29)27(2)22(26)30)8-9-17(25-19)20(28)24-13-14-10-11-23-18(12-14)31-15-6-4-3-5-7-15/h3-12H,13H2,1-2H3,(H,24,28). The van der Waals surface area contributed by atoms with Crippen LogP contribution < -0.4 is 21.3 Å². The second-order valence-electron chi connectivity index (χ2n) is 6.87. The normalized spacial score (nSPS) is 10.8. The first-order chi connectivity index (χ1) is 14.9. The Balaban J connectivity index is 1.51. The number of benzene rings is 1. The molecular formula is C22H19N5O4. The molecule has 3 aromatic heterocycles. The summed E-state index contributed by atoms with van der Waals surface area (Å²) in [7, 11) is 2.90. The molecule has 0 spiro atoms. The van der Waals surface area contributed by atoms with E-state index in [1.54, 1.807) is 18.3 Å². The van der Waals surface area contributed by atoms with Crippen LogP contribution in [-0.4, -0.2) is 25.0 Å². The third kappa shape index (κ3) is 4.06.